The van der Waals surface area contributed by atoms with Crippen LogP contribution in [-0.2, 0) is 6.42 Å². The van der Waals surface area contributed by atoms with E-state index in [4.69, 9.17) is 4.74 Å². The number of ether oxygens (including phenoxy) is 1. The lowest BCUT2D eigenvalue weighted by molar-refractivity contribution is 0.172. The molecular weight excluding hydrogens is 428 g/mol. The van der Waals surface area contributed by atoms with Gasteiger partial charge in [-0.1, -0.05) is 96.8 Å². The molecule has 0 unspecified atom stereocenters. The van der Waals surface area contributed by atoms with Gasteiger partial charge < -0.3 is 4.74 Å². The standard InChI is InChI=1S/C32H50N2O/c1-2-3-4-5-6-10-13-16-19-28-26-33-32(34-27-28)29-22-24-31(25-23-29)35-30-20-17-14-11-8-7-9-12-15-18-21-30/h22-27,30H,2-21H2,1H3. The summed E-state index contributed by atoms with van der Waals surface area (Å²) in [5.74, 6) is 1.79. The summed E-state index contributed by atoms with van der Waals surface area (Å²) in [6.45, 7) is 2.28. The molecule has 1 heterocycles. The Hall–Kier alpha value is -1.90. The van der Waals surface area contributed by atoms with Crippen molar-refractivity contribution in [3.05, 3.63) is 42.2 Å². The predicted octanol–water partition coefficient (Wildman–Crippen LogP) is 9.88. The van der Waals surface area contributed by atoms with Crippen LogP contribution in [0.3, 0.4) is 0 Å². The van der Waals surface area contributed by atoms with E-state index >= 15 is 0 Å². The van der Waals surface area contributed by atoms with E-state index < -0.39 is 0 Å². The molecule has 0 saturated heterocycles. The van der Waals surface area contributed by atoms with E-state index in [1.54, 1.807) is 0 Å². The Morgan fingerprint density at radius 1 is 0.657 bits per heavy atom. The minimum atomic E-state index is 0.354. The van der Waals surface area contributed by atoms with Gasteiger partial charge in [-0.15, -0.1) is 0 Å². The Labute approximate surface area is 215 Å². The molecule has 1 aliphatic rings. The molecule has 1 fully saturated rings. The molecule has 194 valence electrons. The number of hydrogen-bond donors (Lipinski definition) is 0. The molecule has 1 aromatic heterocycles. The average Bonchev–Trinajstić information content (AvgIpc) is 2.88. The zero-order valence-corrected chi connectivity index (χ0v) is 22.5. The fraction of sp³-hybridized carbons (Fsp3) is 0.688. The van der Waals surface area contributed by atoms with Gasteiger partial charge in [0, 0.05) is 18.0 Å². The first kappa shape index (κ1) is 27.7. The van der Waals surface area contributed by atoms with Crippen LogP contribution >= 0.6 is 0 Å². The topological polar surface area (TPSA) is 35.0 Å². The van der Waals surface area contributed by atoms with Gasteiger partial charge in [0.15, 0.2) is 5.82 Å². The zero-order valence-electron chi connectivity index (χ0n) is 22.5. The molecule has 0 aliphatic heterocycles. The molecule has 3 nitrogen and oxygen atoms in total. The third-order valence-electron chi connectivity index (χ3n) is 7.49. The van der Waals surface area contributed by atoms with Gasteiger partial charge in [0.2, 0.25) is 0 Å². The summed E-state index contributed by atoms with van der Waals surface area (Å²) in [7, 11) is 0. The average molecular weight is 479 g/mol. The van der Waals surface area contributed by atoms with Gasteiger partial charge in [-0.05, 0) is 68.4 Å². The summed E-state index contributed by atoms with van der Waals surface area (Å²) in [6.07, 6.45) is 31.0. The second-order valence-electron chi connectivity index (χ2n) is 10.7. The van der Waals surface area contributed by atoms with E-state index in [1.165, 1.54) is 128 Å². The Kier molecular flexibility index (Phi) is 13.9. The lowest BCUT2D eigenvalue weighted by atomic mass is 9.99. The molecular formula is C32H50N2O. The molecule has 3 heteroatoms. The summed E-state index contributed by atoms with van der Waals surface area (Å²) < 4.78 is 6.42. The molecule has 35 heavy (non-hydrogen) atoms. The quantitative estimate of drug-likeness (QED) is 0.285. The SMILES string of the molecule is CCCCCCCCCCc1cnc(-c2ccc(OC3CCCCCCCCCCC3)cc2)nc1. The van der Waals surface area contributed by atoms with Crippen molar-refractivity contribution < 1.29 is 4.74 Å². The number of nitrogens with zero attached hydrogens (tertiary/aromatic N) is 2. The highest BCUT2D eigenvalue weighted by atomic mass is 16.5. The Balaban J connectivity index is 1.41. The third-order valence-corrected chi connectivity index (χ3v) is 7.49. The van der Waals surface area contributed by atoms with E-state index in [9.17, 15) is 0 Å². The molecule has 0 N–H and O–H groups in total. The summed E-state index contributed by atoms with van der Waals surface area (Å²) in [6, 6.07) is 8.42. The third kappa shape index (κ3) is 11.6. The van der Waals surface area contributed by atoms with E-state index in [-0.39, 0.29) is 0 Å². The number of benzene rings is 1. The van der Waals surface area contributed by atoms with Crippen molar-refractivity contribution in [2.45, 2.75) is 141 Å². The highest BCUT2D eigenvalue weighted by Gasteiger charge is 2.12. The van der Waals surface area contributed by atoms with Gasteiger partial charge in [0.05, 0.1) is 6.10 Å². The van der Waals surface area contributed by atoms with Crippen LogP contribution in [0.4, 0.5) is 0 Å². The summed E-state index contributed by atoms with van der Waals surface area (Å²) >= 11 is 0. The van der Waals surface area contributed by atoms with Crippen LogP contribution in [0.1, 0.15) is 134 Å². The highest BCUT2D eigenvalue weighted by molar-refractivity contribution is 5.55. The highest BCUT2D eigenvalue weighted by Crippen LogP contribution is 2.24. The lowest BCUT2D eigenvalue weighted by Crippen LogP contribution is -2.16. The Bertz CT molecular complexity index is 759. The van der Waals surface area contributed by atoms with E-state index in [1.807, 2.05) is 12.4 Å². The van der Waals surface area contributed by atoms with Crippen LogP contribution in [0.2, 0.25) is 0 Å². The first-order valence-corrected chi connectivity index (χ1v) is 14.9. The maximum atomic E-state index is 6.42. The van der Waals surface area contributed by atoms with E-state index in [0.717, 1.165) is 23.6 Å². The first-order chi connectivity index (χ1) is 17.3. The Morgan fingerprint density at radius 2 is 1.17 bits per heavy atom. The van der Waals surface area contributed by atoms with E-state index in [2.05, 4.69) is 41.2 Å². The van der Waals surface area contributed by atoms with Crippen LogP contribution in [0.15, 0.2) is 36.7 Å². The van der Waals surface area contributed by atoms with Crippen LogP contribution in [0.5, 0.6) is 5.75 Å². The van der Waals surface area contributed by atoms with Crippen molar-refractivity contribution in [1.29, 1.82) is 0 Å². The van der Waals surface area contributed by atoms with Crippen LogP contribution < -0.4 is 4.74 Å². The monoisotopic (exact) mass is 478 g/mol. The normalized spacial score (nSPS) is 16.4. The molecule has 0 radical (unpaired) electrons. The molecule has 0 spiro atoms. The molecule has 1 saturated carbocycles. The summed E-state index contributed by atoms with van der Waals surface area (Å²) in [5, 5.41) is 0. The van der Waals surface area contributed by atoms with Crippen molar-refractivity contribution >= 4 is 0 Å². The second kappa shape index (κ2) is 17.5. The second-order valence-corrected chi connectivity index (χ2v) is 10.7. The molecule has 2 aromatic rings. The molecule has 0 bridgehead atoms. The Morgan fingerprint density at radius 3 is 1.74 bits per heavy atom. The lowest BCUT2D eigenvalue weighted by Gasteiger charge is -2.20. The number of aromatic nitrogens is 2. The van der Waals surface area contributed by atoms with Gasteiger partial charge in [-0.25, -0.2) is 9.97 Å². The number of aryl methyl sites for hydroxylation is 1. The first-order valence-electron chi connectivity index (χ1n) is 14.9. The molecule has 1 aliphatic carbocycles. The van der Waals surface area contributed by atoms with Gasteiger partial charge in [-0.2, -0.15) is 0 Å². The van der Waals surface area contributed by atoms with Crippen LogP contribution in [0, 0.1) is 0 Å². The summed E-state index contributed by atoms with van der Waals surface area (Å²) in [4.78, 5) is 9.30. The van der Waals surface area contributed by atoms with Gasteiger partial charge in [-0.3, -0.25) is 0 Å². The van der Waals surface area contributed by atoms with Crippen LogP contribution in [0.25, 0.3) is 11.4 Å². The van der Waals surface area contributed by atoms with Crippen molar-refractivity contribution in [1.82, 2.24) is 9.97 Å². The fourth-order valence-corrected chi connectivity index (χ4v) is 5.21. The van der Waals surface area contributed by atoms with Crippen LogP contribution in [-0.4, -0.2) is 16.1 Å². The molecule has 1 aromatic carbocycles. The number of rotatable bonds is 12. The zero-order chi connectivity index (χ0) is 24.4. The molecule has 0 amide bonds. The van der Waals surface area contributed by atoms with Gasteiger partial charge in [0.25, 0.3) is 0 Å². The summed E-state index contributed by atoms with van der Waals surface area (Å²) in [5.41, 5.74) is 2.32. The van der Waals surface area contributed by atoms with Crippen molar-refractivity contribution in [2.75, 3.05) is 0 Å². The van der Waals surface area contributed by atoms with Gasteiger partial charge >= 0.3 is 0 Å². The largest absolute Gasteiger partial charge is 0.490 e. The minimum absolute atomic E-state index is 0.354. The molecule has 3 rings (SSSR count). The maximum Gasteiger partial charge on any atom is 0.159 e. The van der Waals surface area contributed by atoms with Crippen molar-refractivity contribution in [2.24, 2.45) is 0 Å². The maximum absolute atomic E-state index is 6.42. The number of hydrogen-bond acceptors (Lipinski definition) is 3. The van der Waals surface area contributed by atoms with Crippen molar-refractivity contribution in [3.63, 3.8) is 0 Å². The van der Waals surface area contributed by atoms with Crippen molar-refractivity contribution in [3.8, 4) is 17.1 Å². The predicted molar refractivity (Wildman–Crippen MR) is 149 cm³/mol. The minimum Gasteiger partial charge on any atom is -0.490 e. The number of unbranched alkanes of at least 4 members (excludes halogenated alkanes) is 7. The van der Waals surface area contributed by atoms with Gasteiger partial charge in [0.1, 0.15) is 5.75 Å². The molecule has 0 atom stereocenters. The fourth-order valence-electron chi connectivity index (χ4n) is 5.21. The smallest absolute Gasteiger partial charge is 0.159 e. The van der Waals surface area contributed by atoms with E-state index in [0.29, 0.717) is 6.10 Å².